The second kappa shape index (κ2) is 5.84. The summed E-state index contributed by atoms with van der Waals surface area (Å²) < 4.78 is 38.0. The molecule has 0 bridgehead atoms. The number of amides is 1. The highest BCUT2D eigenvalue weighted by Crippen LogP contribution is 2.33. The molecule has 1 heterocycles. The van der Waals surface area contributed by atoms with Gasteiger partial charge in [-0.05, 0) is 25.1 Å². The zero-order valence-electron chi connectivity index (χ0n) is 11.2. The molecular formula is C14H10ClF3N2O2. The average Bonchev–Trinajstić information content (AvgIpc) is 2.39. The number of nitrogens with one attached hydrogen (secondary N) is 2. The van der Waals surface area contributed by atoms with E-state index in [1.54, 1.807) is 6.92 Å². The number of carbonyl (C=O) groups excluding carboxylic acids is 1. The molecule has 2 N–H and O–H groups in total. The molecule has 116 valence electrons. The third kappa shape index (κ3) is 3.48. The number of aryl methyl sites for hydroxylation is 1. The maximum atomic E-state index is 12.7. The fraction of sp³-hybridized carbons (Fsp3) is 0.143. The van der Waals surface area contributed by atoms with Gasteiger partial charge in [-0.25, -0.2) is 0 Å². The first-order valence-corrected chi connectivity index (χ1v) is 6.43. The van der Waals surface area contributed by atoms with Crippen LogP contribution in [0.5, 0.6) is 0 Å². The van der Waals surface area contributed by atoms with Gasteiger partial charge in [0.25, 0.3) is 5.91 Å². The van der Waals surface area contributed by atoms with Gasteiger partial charge in [0, 0.05) is 18.0 Å². The Bertz CT molecular complexity index is 784. The maximum absolute atomic E-state index is 12.7. The Morgan fingerprint density at radius 1 is 1.27 bits per heavy atom. The van der Waals surface area contributed by atoms with Crippen LogP contribution < -0.4 is 10.7 Å². The lowest BCUT2D eigenvalue weighted by molar-refractivity contribution is -0.137. The van der Waals surface area contributed by atoms with Crippen molar-refractivity contribution >= 4 is 23.2 Å². The van der Waals surface area contributed by atoms with Crippen LogP contribution in [0.2, 0.25) is 5.02 Å². The summed E-state index contributed by atoms with van der Waals surface area (Å²) in [4.78, 5) is 26.4. The van der Waals surface area contributed by atoms with Crippen LogP contribution in [0, 0.1) is 6.92 Å². The number of alkyl halides is 3. The van der Waals surface area contributed by atoms with Crippen molar-refractivity contribution in [1.29, 1.82) is 0 Å². The molecule has 22 heavy (non-hydrogen) atoms. The first kappa shape index (κ1) is 16.1. The summed E-state index contributed by atoms with van der Waals surface area (Å²) in [5.41, 5.74) is -1.39. The van der Waals surface area contributed by atoms with E-state index in [0.29, 0.717) is 11.8 Å². The molecule has 0 atom stereocenters. The highest BCUT2D eigenvalue weighted by atomic mass is 35.5. The number of benzene rings is 1. The van der Waals surface area contributed by atoms with Crippen LogP contribution in [0.1, 0.15) is 21.6 Å². The van der Waals surface area contributed by atoms with Crippen molar-refractivity contribution in [3.63, 3.8) is 0 Å². The van der Waals surface area contributed by atoms with E-state index in [0.717, 1.165) is 12.1 Å². The number of anilines is 1. The molecule has 1 aromatic heterocycles. The Kier molecular flexibility index (Phi) is 4.27. The van der Waals surface area contributed by atoms with Crippen molar-refractivity contribution in [2.45, 2.75) is 13.1 Å². The second-order valence-corrected chi connectivity index (χ2v) is 4.95. The molecule has 1 aromatic carbocycles. The molecule has 2 aromatic rings. The molecule has 2 rings (SSSR count). The standard InChI is InChI=1S/C14H10ClF3N2O2/c1-7-4-12(21)9(6-19-7)13(22)20-11-5-8(14(16,17)18)2-3-10(11)15/h2-6H,1H3,(H,19,21)(H,20,22). The van der Waals surface area contributed by atoms with E-state index in [4.69, 9.17) is 11.6 Å². The minimum absolute atomic E-state index is 0.0649. The van der Waals surface area contributed by atoms with Gasteiger partial charge in [0.1, 0.15) is 5.56 Å². The molecule has 0 unspecified atom stereocenters. The highest BCUT2D eigenvalue weighted by Gasteiger charge is 2.31. The number of hydrogen-bond donors (Lipinski definition) is 2. The number of H-pyrrole nitrogens is 1. The lowest BCUT2D eigenvalue weighted by Gasteiger charge is -2.11. The molecular weight excluding hydrogens is 321 g/mol. The molecule has 0 radical (unpaired) electrons. The van der Waals surface area contributed by atoms with Crippen molar-refractivity contribution in [2.24, 2.45) is 0 Å². The van der Waals surface area contributed by atoms with E-state index in [2.05, 4.69) is 10.3 Å². The van der Waals surface area contributed by atoms with Crippen molar-refractivity contribution in [3.8, 4) is 0 Å². The van der Waals surface area contributed by atoms with Gasteiger partial charge in [-0.3, -0.25) is 9.59 Å². The zero-order valence-corrected chi connectivity index (χ0v) is 12.0. The van der Waals surface area contributed by atoms with Crippen LogP contribution in [0.15, 0.2) is 35.3 Å². The molecule has 0 saturated heterocycles. The number of rotatable bonds is 2. The van der Waals surface area contributed by atoms with E-state index in [9.17, 15) is 22.8 Å². The molecule has 0 spiro atoms. The van der Waals surface area contributed by atoms with E-state index < -0.39 is 23.1 Å². The molecule has 0 saturated carbocycles. The van der Waals surface area contributed by atoms with Gasteiger partial charge in [-0.1, -0.05) is 11.6 Å². The van der Waals surface area contributed by atoms with Gasteiger partial charge in [-0.2, -0.15) is 13.2 Å². The van der Waals surface area contributed by atoms with Crippen LogP contribution in [-0.2, 0) is 6.18 Å². The summed E-state index contributed by atoms with van der Waals surface area (Å²) in [5, 5.41) is 2.14. The first-order valence-electron chi connectivity index (χ1n) is 6.06. The zero-order chi connectivity index (χ0) is 16.5. The predicted molar refractivity (Wildman–Crippen MR) is 76.2 cm³/mol. The summed E-state index contributed by atoms with van der Waals surface area (Å²) in [7, 11) is 0. The minimum atomic E-state index is -4.56. The quantitative estimate of drug-likeness (QED) is 0.883. The first-order chi connectivity index (χ1) is 10.2. The third-order valence-electron chi connectivity index (χ3n) is 2.84. The summed E-state index contributed by atoms with van der Waals surface area (Å²) in [6.45, 7) is 1.63. The van der Waals surface area contributed by atoms with Crippen molar-refractivity contribution < 1.29 is 18.0 Å². The molecule has 0 aliphatic carbocycles. The van der Waals surface area contributed by atoms with Crippen LogP contribution in [0.25, 0.3) is 0 Å². The second-order valence-electron chi connectivity index (χ2n) is 4.54. The van der Waals surface area contributed by atoms with Gasteiger partial charge < -0.3 is 10.3 Å². The van der Waals surface area contributed by atoms with Crippen molar-refractivity contribution in [2.75, 3.05) is 5.32 Å². The Balaban J connectivity index is 2.34. The minimum Gasteiger partial charge on any atom is -0.364 e. The van der Waals surface area contributed by atoms with Gasteiger partial charge >= 0.3 is 6.18 Å². The van der Waals surface area contributed by atoms with Gasteiger partial charge in [0.2, 0.25) is 0 Å². The Morgan fingerprint density at radius 2 is 1.95 bits per heavy atom. The normalized spacial score (nSPS) is 11.3. The number of hydrogen-bond acceptors (Lipinski definition) is 2. The van der Waals surface area contributed by atoms with Gasteiger partial charge in [-0.15, -0.1) is 0 Å². The number of halogens is 4. The summed E-state index contributed by atoms with van der Waals surface area (Å²) in [6.07, 6.45) is -3.38. The number of carbonyl (C=O) groups is 1. The number of aromatic amines is 1. The van der Waals surface area contributed by atoms with E-state index in [-0.39, 0.29) is 16.3 Å². The fourth-order valence-corrected chi connectivity index (χ4v) is 1.90. The molecule has 0 fully saturated rings. The maximum Gasteiger partial charge on any atom is 0.416 e. The number of pyridine rings is 1. The molecule has 0 aliphatic rings. The van der Waals surface area contributed by atoms with E-state index in [1.165, 1.54) is 12.3 Å². The summed E-state index contributed by atoms with van der Waals surface area (Å²) >= 11 is 5.77. The van der Waals surface area contributed by atoms with Crippen LogP contribution >= 0.6 is 11.6 Å². The SMILES string of the molecule is Cc1cc(=O)c(C(=O)Nc2cc(C(F)(F)F)ccc2Cl)c[nH]1. The Hall–Kier alpha value is -2.28. The van der Waals surface area contributed by atoms with Gasteiger partial charge in [0.05, 0.1) is 16.3 Å². The lowest BCUT2D eigenvalue weighted by Crippen LogP contribution is -2.22. The van der Waals surface area contributed by atoms with E-state index >= 15 is 0 Å². The highest BCUT2D eigenvalue weighted by molar-refractivity contribution is 6.34. The summed E-state index contributed by atoms with van der Waals surface area (Å²) in [5.74, 6) is -0.845. The van der Waals surface area contributed by atoms with Crippen LogP contribution in [-0.4, -0.2) is 10.9 Å². The molecule has 8 heteroatoms. The Labute approximate surface area is 127 Å². The predicted octanol–water partition coefficient (Wildman–Crippen LogP) is 3.61. The summed E-state index contributed by atoms with van der Waals surface area (Å²) in [6, 6.07) is 3.75. The lowest BCUT2D eigenvalue weighted by atomic mass is 10.1. The van der Waals surface area contributed by atoms with E-state index in [1.807, 2.05) is 0 Å². The van der Waals surface area contributed by atoms with Crippen molar-refractivity contribution in [1.82, 2.24) is 4.98 Å². The van der Waals surface area contributed by atoms with Crippen molar-refractivity contribution in [3.05, 3.63) is 62.5 Å². The largest absolute Gasteiger partial charge is 0.416 e. The monoisotopic (exact) mass is 330 g/mol. The topological polar surface area (TPSA) is 62.0 Å². The smallest absolute Gasteiger partial charge is 0.364 e. The third-order valence-corrected chi connectivity index (χ3v) is 3.17. The molecule has 0 aliphatic heterocycles. The van der Waals surface area contributed by atoms with Gasteiger partial charge in [0.15, 0.2) is 5.43 Å². The molecule has 1 amide bonds. The average molecular weight is 331 g/mol. The van der Waals surface area contributed by atoms with Crippen LogP contribution in [0.4, 0.5) is 18.9 Å². The molecule has 4 nitrogen and oxygen atoms in total. The Morgan fingerprint density at radius 3 is 2.55 bits per heavy atom. The number of aromatic nitrogens is 1. The van der Waals surface area contributed by atoms with Crippen LogP contribution in [0.3, 0.4) is 0 Å². The fourth-order valence-electron chi connectivity index (χ4n) is 1.74.